The maximum absolute atomic E-state index is 13.3. The van der Waals surface area contributed by atoms with Crippen LogP contribution in [0.5, 0.6) is 5.75 Å². The Kier molecular flexibility index (Phi) is 9.09. The van der Waals surface area contributed by atoms with Gasteiger partial charge in [-0.25, -0.2) is 0 Å². The van der Waals surface area contributed by atoms with Gasteiger partial charge in [-0.3, -0.25) is 14.4 Å². The van der Waals surface area contributed by atoms with Crippen LogP contribution in [0.15, 0.2) is 48.5 Å². The van der Waals surface area contributed by atoms with Crippen molar-refractivity contribution in [1.82, 2.24) is 15.5 Å². The third-order valence-electron chi connectivity index (χ3n) is 6.73. The van der Waals surface area contributed by atoms with Crippen LogP contribution in [0.25, 0.3) is 0 Å². The summed E-state index contributed by atoms with van der Waals surface area (Å²) in [7, 11) is 2.93. The summed E-state index contributed by atoms with van der Waals surface area (Å²) in [5, 5.41) is 22.6. The lowest BCUT2D eigenvalue weighted by molar-refractivity contribution is -0.117. The number of rotatable bonds is 11. The second kappa shape index (κ2) is 13.3. The molecule has 13 heteroatoms. The molecule has 1 aliphatic heterocycles. The monoisotopic (exact) mass is 575 g/mol. The number of hydrogen-bond donors (Lipinski definition) is 5. The van der Waals surface area contributed by atoms with Crippen molar-refractivity contribution in [2.24, 2.45) is 5.92 Å². The van der Waals surface area contributed by atoms with Crippen molar-refractivity contribution in [2.75, 3.05) is 61.8 Å². The summed E-state index contributed by atoms with van der Waals surface area (Å²) < 4.78 is 16.7. The molecule has 5 rings (SSSR count). The Hall–Kier alpha value is -4.75. The highest BCUT2D eigenvalue weighted by molar-refractivity contribution is 6.08. The van der Waals surface area contributed by atoms with Crippen molar-refractivity contribution in [3.63, 3.8) is 0 Å². The van der Waals surface area contributed by atoms with Crippen LogP contribution in [0, 0.1) is 5.92 Å². The Morgan fingerprint density at radius 2 is 1.74 bits per heavy atom. The summed E-state index contributed by atoms with van der Waals surface area (Å²) in [6.07, 6.45) is 1.66. The number of carbonyl (C=O) groups is 3. The standard InChI is InChI=1S/C29H33N7O6/c1-30-29(39)25-23(14-24(35-36-25)34-27(37)17-6-7-17)33-22-5-3-4-21(26(22)40-2)28(38)32-19-10-8-18(9-11-19)31-15-20-16-41-12-13-42-20/h3-5,8-11,14,17,20,31H,6-7,12-13,15-16H2,1-2H3,(H,30,39)(H,32,38)(H2,33,34,35,37)/t20-/m1/s1. The van der Waals surface area contributed by atoms with Gasteiger partial charge >= 0.3 is 0 Å². The number of carbonyl (C=O) groups excluding carboxylic acids is 3. The number of nitrogens with one attached hydrogen (secondary N) is 5. The summed E-state index contributed by atoms with van der Waals surface area (Å²) in [5.41, 5.74) is 2.45. The van der Waals surface area contributed by atoms with E-state index in [2.05, 4.69) is 36.8 Å². The van der Waals surface area contributed by atoms with E-state index in [0.29, 0.717) is 37.7 Å². The zero-order valence-electron chi connectivity index (χ0n) is 23.4. The molecule has 220 valence electrons. The topological polar surface area (TPSA) is 165 Å². The van der Waals surface area contributed by atoms with Crippen molar-refractivity contribution in [3.05, 3.63) is 59.8 Å². The number of para-hydroxylation sites is 1. The minimum atomic E-state index is -0.476. The SMILES string of the molecule is CNC(=O)c1nnc(NC(=O)C2CC2)cc1Nc1cccc(C(=O)Nc2ccc(NC[C@@H]3COCCO3)cc2)c1OC. The Morgan fingerprint density at radius 3 is 2.43 bits per heavy atom. The number of anilines is 5. The van der Waals surface area contributed by atoms with Crippen LogP contribution in [0.4, 0.5) is 28.6 Å². The number of amides is 3. The van der Waals surface area contributed by atoms with Crippen molar-refractivity contribution < 1.29 is 28.6 Å². The van der Waals surface area contributed by atoms with Gasteiger partial charge in [0.2, 0.25) is 5.91 Å². The van der Waals surface area contributed by atoms with Crippen LogP contribution < -0.4 is 31.3 Å². The molecule has 42 heavy (non-hydrogen) atoms. The molecule has 1 aliphatic carbocycles. The van der Waals surface area contributed by atoms with E-state index in [1.807, 2.05) is 12.1 Å². The molecule has 1 saturated carbocycles. The van der Waals surface area contributed by atoms with E-state index in [4.69, 9.17) is 14.2 Å². The summed E-state index contributed by atoms with van der Waals surface area (Å²) >= 11 is 0. The lowest BCUT2D eigenvalue weighted by Crippen LogP contribution is -2.34. The molecule has 2 aromatic carbocycles. The number of nitrogens with zero attached hydrogens (tertiary/aromatic N) is 2. The number of hydrogen-bond acceptors (Lipinski definition) is 10. The van der Waals surface area contributed by atoms with Crippen LogP contribution in [0.2, 0.25) is 0 Å². The van der Waals surface area contributed by atoms with E-state index < -0.39 is 5.91 Å². The summed E-state index contributed by atoms with van der Waals surface area (Å²) in [5.74, 6) is -0.582. The average molecular weight is 576 g/mol. The zero-order valence-corrected chi connectivity index (χ0v) is 23.4. The molecular weight excluding hydrogens is 542 g/mol. The quantitative estimate of drug-likeness (QED) is 0.230. The molecule has 3 amide bonds. The zero-order chi connectivity index (χ0) is 29.5. The summed E-state index contributed by atoms with van der Waals surface area (Å²) in [6, 6.07) is 13.9. The fourth-order valence-corrected chi connectivity index (χ4v) is 4.34. The smallest absolute Gasteiger partial charge is 0.273 e. The molecule has 2 fully saturated rings. The van der Waals surface area contributed by atoms with Crippen molar-refractivity contribution >= 4 is 46.3 Å². The lowest BCUT2D eigenvalue weighted by Gasteiger charge is -2.23. The minimum absolute atomic E-state index is 0.00470. The Bertz CT molecular complexity index is 1440. The molecule has 0 radical (unpaired) electrons. The van der Waals surface area contributed by atoms with Gasteiger partial charge in [-0.15, -0.1) is 10.2 Å². The van der Waals surface area contributed by atoms with E-state index in [1.54, 1.807) is 30.3 Å². The molecule has 2 aliphatic rings. The predicted molar refractivity (Wildman–Crippen MR) is 156 cm³/mol. The van der Waals surface area contributed by atoms with Gasteiger partial charge < -0.3 is 40.8 Å². The first-order valence-corrected chi connectivity index (χ1v) is 13.6. The molecule has 1 saturated heterocycles. The average Bonchev–Trinajstić information content (AvgIpc) is 3.87. The first-order valence-electron chi connectivity index (χ1n) is 13.6. The second-order valence-corrected chi connectivity index (χ2v) is 9.83. The molecule has 0 bridgehead atoms. The Morgan fingerprint density at radius 1 is 0.952 bits per heavy atom. The normalized spacial score (nSPS) is 16.2. The molecule has 3 aromatic rings. The summed E-state index contributed by atoms with van der Waals surface area (Å²) in [4.78, 5) is 38.0. The van der Waals surface area contributed by atoms with Crippen LogP contribution in [-0.2, 0) is 14.3 Å². The van der Waals surface area contributed by atoms with Crippen LogP contribution in [0.3, 0.4) is 0 Å². The molecule has 0 spiro atoms. The van der Waals surface area contributed by atoms with Crippen molar-refractivity contribution in [1.29, 1.82) is 0 Å². The van der Waals surface area contributed by atoms with Gasteiger partial charge in [0, 0.05) is 37.0 Å². The Balaban J connectivity index is 1.30. The molecule has 1 atom stereocenters. The fourth-order valence-electron chi connectivity index (χ4n) is 4.34. The van der Waals surface area contributed by atoms with Crippen LogP contribution in [0.1, 0.15) is 33.7 Å². The number of aromatic nitrogens is 2. The predicted octanol–water partition coefficient (Wildman–Crippen LogP) is 3.02. The number of benzene rings is 2. The highest BCUT2D eigenvalue weighted by Crippen LogP contribution is 2.34. The molecule has 5 N–H and O–H groups in total. The highest BCUT2D eigenvalue weighted by Gasteiger charge is 2.30. The van der Waals surface area contributed by atoms with E-state index in [-0.39, 0.29) is 52.3 Å². The van der Waals surface area contributed by atoms with E-state index in [0.717, 1.165) is 18.5 Å². The molecule has 1 aromatic heterocycles. The van der Waals surface area contributed by atoms with Gasteiger partial charge in [0.25, 0.3) is 11.8 Å². The minimum Gasteiger partial charge on any atom is -0.494 e. The van der Waals surface area contributed by atoms with Gasteiger partial charge in [0.15, 0.2) is 17.3 Å². The third kappa shape index (κ3) is 7.11. The number of methoxy groups -OCH3 is 1. The lowest BCUT2D eigenvalue weighted by atomic mass is 10.1. The maximum Gasteiger partial charge on any atom is 0.273 e. The molecule has 13 nitrogen and oxygen atoms in total. The first-order chi connectivity index (χ1) is 20.4. The van der Waals surface area contributed by atoms with E-state index in [1.165, 1.54) is 20.2 Å². The largest absolute Gasteiger partial charge is 0.494 e. The summed E-state index contributed by atoms with van der Waals surface area (Å²) in [6.45, 7) is 2.38. The van der Waals surface area contributed by atoms with Crippen molar-refractivity contribution in [3.8, 4) is 5.75 Å². The third-order valence-corrected chi connectivity index (χ3v) is 6.73. The van der Waals surface area contributed by atoms with Gasteiger partial charge in [0.05, 0.1) is 50.0 Å². The fraction of sp³-hybridized carbons (Fsp3) is 0.345. The van der Waals surface area contributed by atoms with Gasteiger partial charge in [-0.2, -0.15) is 0 Å². The van der Waals surface area contributed by atoms with Crippen LogP contribution >= 0.6 is 0 Å². The van der Waals surface area contributed by atoms with Gasteiger partial charge in [0.1, 0.15) is 0 Å². The molecule has 0 unspecified atom stereocenters. The van der Waals surface area contributed by atoms with Crippen molar-refractivity contribution in [2.45, 2.75) is 18.9 Å². The van der Waals surface area contributed by atoms with Crippen LogP contribution in [-0.4, -0.2) is 74.5 Å². The molecular formula is C29H33N7O6. The maximum atomic E-state index is 13.3. The number of ether oxygens (including phenoxy) is 3. The van der Waals surface area contributed by atoms with Gasteiger partial charge in [-0.1, -0.05) is 6.07 Å². The van der Waals surface area contributed by atoms with E-state index in [9.17, 15) is 14.4 Å². The highest BCUT2D eigenvalue weighted by atomic mass is 16.6. The van der Waals surface area contributed by atoms with Gasteiger partial charge in [-0.05, 0) is 49.2 Å². The Labute approximate surface area is 242 Å². The van der Waals surface area contributed by atoms with E-state index >= 15 is 0 Å². The molecule has 2 heterocycles. The second-order valence-electron chi connectivity index (χ2n) is 9.83. The first kappa shape index (κ1) is 28.8.